The quantitative estimate of drug-likeness (QED) is 0.925. The molecule has 2 rings (SSSR count). The van der Waals surface area contributed by atoms with Gasteiger partial charge in [0.2, 0.25) is 0 Å². The monoisotopic (exact) mass is 281 g/mol. The number of carbonyl (C=O) groups is 1. The summed E-state index contributed by atoms with van der Waals surface area (Å²) in [6.45, 7) is 2.28. The fourth-order valence-corrected chi connectivity index (χ4v) is 2.91. The summed E-state index contributed by atoms with van der Waals surface area (Å²) in [7, 11) is 1.74. The van der Waals surface area contributed by atoms with E-state index in [9.17, 15) is 9.90 Å². The lowest BCUT2D eigenvalue weighted by molar-refractivity contribution is 0.0156. The maximum atomic E-state index is 12.4. The van der Waals surface area contributed by atoms with E-state index in [1.165, 1.54) is 0 Å². The molecule has 1 saturated carbocycles. The number of hydrogen-bond acceptors (Lipinski definition) is 2. The third kappa shape index (κ3) is 3.28. The zero-order chi connectivity index (χ0) is 14.0. The van der Waals surface area contributed by atoms with Crippen molar-refractivity contribution in [2.24, 2.45) is 0 Å². The molecule has 0 radical (unpaired) electrons. The van der Waals surface area contributed by atoms with Crippen molar-refractivity contribution in [3.63, 3.8) is 0 Å². The van der Waals surface area contributed by atoms with Gasteiger partial charge in [-0.25, -0.2) is 0 Å². The van der Waals surface area contributed by atoms with Crippen molar-refractivity contribution in [2.45, 2.75) is 38.2 Å². The summed E-state index contributed by atoms with van der Waals surface area (Å²) in [5.74, 6) is -0.0830. The van der Waals surface area contributed by atoms with Gasteiger partial charge in [0.15, 0.2) is 0 Å². The molecular weight excluding hydrogens is 262 g/mol. The van der Waals surface area contributed by atoms with Crippen LogP contribution in [0, 0.1) is 6.92 Å². The predicted octanol–water partition coefficient (Wildman–Crippen LogP) is 3.03. The van der Waals surface area contributed by atoms with Gasteiger partial charge in [-0.2, -0.15) is 0 Å². The maximum absolute atomic E-state index is 12.4. The van der Waals surface area contributed by atoms with Crippen molar-refractivity contribution in [3.8, 4) is 0 Å². The van der Waals surface area contributed by atoms with Crippen LogP contribution in [0.3, 0.4) is 0 Å². The number of hydrogen-bond donors (Lipinski definition) is 1. The molecule has 0 unspecified atom stereocenters. The molecule has 0 aliphatic heterocycles. The van der Waals surface area contributed by atoms with Crippen molar-refractivity contribution < 1.29 is 9.90 Å². The molecule has 1 aromatic carbocycles. The summed E-state index contributed by atoms with van der Waals surface area (Å²) < 4.78 is 0. The highest BCUT2D eigenvalue weighted by atomic mass is 35.5. The minimum absolute atomic E-state index is 0.0830. The average Bonchev–Trinajstić information content (AvgIpc) is 2.78. The first-order chi connectivity index (χ1) is 8.91. The number of nitrogens with zero attached hydrogens (tertiary/aromatic N) is 1. The van der Waals surface area contributed by atoms with Crippen molar-refractivity contribution >= 4 is 17.5 Å². The molecule has 0 saturated heterocycles. The van der Waals surface area contributed by atoms with Crippen molar-refractivity contribution in [1.29, 1.82) is 0 Å². The third-order valence-electron chi connectivity index (χ3n) is 3.84. The first kappa shape index (κ1) is 14.4. The number of benzene rings is 1. The number of aryl methyl sites for hydroxylation is 1. The van der Waals surface area contributed by atoms with E-state index in [-0.39, 0.29) is 5.91 Å². The second-order valence-electron chi connectivity index (χ2n) is 5.55. The highest BCUT2D eigenvalue weighted by molar-refractivity contribution is 6.31. The van der Waals surface area contributed by atoms with Crippen LogP contribution in [0.1, 0.15) is 41.6 Å². The van der Waals surface area contributed by atoms with Crippen LogP contribution in [0.5, 0.6) is 0 Å². The lowest BCUT2D eigenvalue weighted by Crippen LogP contribution is -2.42. The van der Waals surface area contributed by atoms with Crippen LogP contribution in [-0.4, -0.2) is 35.1 Å². The van der Waals surface area contributed by atoms with Gasteiger partial charge in [-0.05, 0) is 37.5 Å². The standard InChI is InChI=1S/C15H20ClNO2/c1-11-5-6-12(16)9-13(11)14(18)17(2)10-15(19)7-3-4-8-15/h5-6,9,19H,3-4,7-8,10H2,1-2H3. The average molecular weight is 282 g/mol. The Morgan fingerprint density at radius 1 is 1.42 bits per heavy atom. The van der Waals surface area contributed by atoms with Crippen LogP contribution < -0.4 is 0 Å². The molecule has 1 aromatic rings. The summed E-state index contributed by atoms with van der Waals surface area (Å²) in [4.78, 5) is 14.0. The van der Waals surface area contributed by atoms with Gasteiger partial charge in [0.05, 0.1) is 5.60 Å². The topological polar surface area (TPSA) is 40.5 Å². The fourth-order valence-electron chi connectivity index (χ4n) is 2.73. The fraction of sp³-hybridized carbons (Fsp3) is 0.533. The number of amides is 1. The predicted molar refractivity (Wildman–Crippen MR) is 76.6 cm³/mol. The molecule has 1 N–H and O–H groups in total. The van der Waals surface area contributed by atoms with E-state index in [2.05, 4.69) is 0 Å². The lowest BCUT2D eigenvalue weighted by Gasteiger charge is -2.29. The Morgan fingerprint density at radius 3 is 2.68 bits per heavy atom. The van der Waals surface area contributed by atoms with E-state index in [1.807, 2.05) is 13.0 Å². The Morgan fingerprint density at radius 2 is 2.05 bits per heavy atom. The Balaban J connectivity index is 2.12. The van der Waals surface area contributed by atoms with Gasteiger partial charge in [0.25, 0.3) is 5.91 Å². The summed E-state index contributed by atoms with van der Waals surface area (Å²) in [6, 6.07) is 5.31. The van der Waals surface area contributed by atoms with Crippen LogP contribution in [-0.2, 0) is 0 Å². The molecule has 1 amide bonds. The van der Waals surface area contributed by atoms with Crippen LogP contribution in [0.4, 0.5) is 0 Å². The molecule has 1 aliphatic rings. The molecule has 0 heterocycles. The number of carbonyl (C=O) groups excluding carboxylic acids is 1. The van der Waals surface area contributed by atoms with Gasteiger partial charge in [-0.15, -0.1) is 0 Å². The second-order valence-corrected chi connectivity index (χ2v) is 5.99. The Bertz CT molecular complexity index is 481. The van der Waals surface area contributed by atoms with E-state index >= 15 is 0 Å². The van der Waals surface area contributed by atoms with Gasteiger partial charge in [-0.1, -0.05) is 30.5 Å². The number of rotatable bonds is 3. The number of likely N-dealkylation sites (N-methyl/N-ethyl adjacent to an activating group) is 1. The molecule has 104 valence electrons. The van der Waals surface area contributed by atoms with Crippen LogP contribution >= 0.6 is 11.6 Å². The van der Waals surface area contributed by atoms with E-state index in [0.717, 1.165) is 31.2 Å². The van der Waals surface area contributed by atoms with Crippen molar-refractivity contribution in [2.75, 3.05) is 13.6 Å². The first-order valence-electron chi connectivity index (χ1n) is 6.65. The lowest BCUT2D eigenvalue weighted by atomic mass is 10.0. The smallest absolute Gasteiger partial charge is 0.254 e. The van der Waals surface area contributed by atoms with E-state index in [1.54, 1.807) is 24.1 Å². The number of halogens is 1. The zero-order valence-electron chi connectivity index (χ0n) is 11.4. The zero-order valence-corrected chi connectivity index (χ0v) is 12.2. The van der Waals surface area contributed by atoms with Gasteiger partial charge in [0.1, 0.15) is 0 Å². The summed E-state index contributed by atoms with van der Waals surface area (Å²) in [5, 5.41) is 10.9. The van der Waals surface area contributed by atoms with E-state index in [0.29, 0.717) is 17.1 Å². The molecule has 1 aliphatic carbocycles. The molecule has 0 bridgehead atoms. The molecule has 19 heavy (non-hydrogen) atoms. The highest BCUT2D eigenvalue weighted by Crippen LogP contribution is 2.30. The van der Waals surface area contributed by atoms with Crippen LogP contribution in [0.15, 0.2) is 18.2 Å². The van der Waals surface area contributed by atoms with Gasteiger partial charge in [-0.3, -0.25) is 4.79 Å². The summed E-state index contributed by atoms with van der Waals surface area (Å²) >= 11 is 5.94. The molecular formula is C15H20ClNO2. The largest absolute Gasteiger partial charge is 0.388 e. The van der Waals surface area contributed by atoms with Crippen molar-refractivity contribution in [1.82, 2.24) is 4.90 Å². The van der Waals surface area contributed by atoms with Gasteiger partial charge >= 0.3 is 0 Å². The van der Waals surface area contributed by atoms with E-state index in [4.69, 9.17) is 11.6 Å². The second kappa shape index (κ2) is 5.51. The van der Waals surface area contributed by atoms with Gasteiger partial charge < -0.3 is 10.0 Å². The normalized spacial score (nSPS) is 17.5. The summed E-state index contributed by atoms with van der Waals surface area (Å²) in [6.07, 6.45) is 3.63. The molecule has 0 aromatic heterocycles. The Labute approximate surface area is 119 Å². The van der Waals surface area contributed by atoms with Crippen molar-refractivity contribution in [3.05, 3.63) is 34.3 Å². The molecule has 3 nitrogen and oxygen atoms in total. The minimum atomic E-state index is -0.711. The molecule has 1 fully saturated rings. The van der Waals surface area contributed by atoms with E-state index < -0.39 is 5.60 Å². The molecule has 4 heteroatoms. The first-order valence-corrected chi connectivity index (χ1v) is 7.03. The summed E-state index contributed by atoms with van der Waals surface area (Å²) in [5.41, 5.74) is 0.799. The Kier molecular flexibility index (Phi) is 4.16. The van der Waals surface area contributed by atoms with Crippen LogP contribution in [0.2, 0.25) is 5.02 Å². The third-order valence-corrected chi connectivity index (χ3v) is 4.08. The molecule has 0 atom stereocenters. The van der Waals surface area contributed by atoms with Crippen LogP contribution in [0.25, 0.3) is 0 Å². The highest BCUT2D eigenvalue weighted by Gasteiger charge is 2.33. The van der Waals surface area contributed by atoms with Gasteiger partial charge in [0, 0.05) is 24.2 Å². The minimum Gasteiger partial charge on any atom is -0.388 e. The maximum Gasteiger partial charge on any atom is 0.254 e. The Hall–Kier alpha value is -1.06. The SMILES string of the molecule is Cc1ccc(Cl)cc1C(=O)N(C)CC1(O)CCCC1. The number of aliphatic hydroxyl groups is 1. The molecule has 0 spiro atoms.